The average molecular weight is 488 g/mol. The summed E-state index contributed by atoms with van der Waals surface area (Å²) in [4.78, 5) is 38.0. The molecule has 0 bridgehead atoms. The Balaban J connectivity index is 1.80. The number of amides is 1. The van der Waals surface area contributed by atoms with Crippen LogP contribution < -0.4 is 10.5 Å². The minimum atomic E-state index is -0.203. The molecule has 2 aliphatic rings. The summed E-state index contributed by atoms with van der Waals surface area (Å²) in [5.74, 6) is 0.429. The van der Waals surface area contributed by atoms with Crippen LogP contribution in [0.5, 0.6) is 0 Å². The van der Waals surface area contributed by atoms with Crippen molar-refractivity contribution in [3.63, 3.8) is 0 Å². The number of aryl methyl sites for hydroxylation is 1. The zero-order chi connectivity index (χ0) is 23.7. The van der Waals surface area contributed by atoms with Crippen LogP contribution in [0.1, 0.15) is 31.4 Å². The molecule has 0 spiro atoms. The van der Waals surface area contributed by atoms with Crippen molar-refractivity contribution in [2.24, 2.45) is 0 Å². The molecule has 2 aromatic rings. The molecule has 1 atom stereocenters. The Morgan fingerprint density at radius 3 is 2.67 bits per heavy atom. The maximum absolute atomic E-state index is 13.6. The first-order valence-electron chi connectivity index (χ1n) is 11.2. The van der Waals surface area contributed by atoms with Crippen LogP contribution >= 0.6 is 24.0 Å². The van der Waals surface area contributed by atoms with Gasteiger partial charge < -0.3 is 10.0 Å². The lowest BCUT2D eigenvalue weighted by Crippen LogP contribution is -2.48. The van der Waals surface area contributed by atoms with E-state index in [4.69, 9.17) is 17.2 Å². The third-order valence-electron chi connectivity index (χ3n) is 6.28. The second-order valence-corrected chi connectivity index (χ2v) is 10.1. The van der Waals surface area contributed by atoms with Crippen molar-refractivity contribution < 1.29 is 9.90 Å². The molecule has 0 saturated carbocycles. The Kier molecular flexibility index (Phi) is 7.18. The fourth-order valence-corrected chi connectivity index (χ4v) is 5.61. The number of anilines is 1. The Bertz CT molecular complexity index is 1170. The zero-order valence-corrected chi connectivity index (χ0v) is 20.8. The van der Waals surface area contributed by atoms with Gasteiger partial charge in [-0.2, -0.15) is 0 Å². The molecular weight excluding hydrogens is 458 g/mol. The first kappa shape index (κ1) is 23.9. The summed E-state index contributed by atoms with van der Waals surface area (Å²) in [6.07, 6.45) is 4.17. The van der Waals surface area contributed by atoms with Gasteiger partial charge in [0, 0.05) is 45.0 Å². The van der Waals surface area contributed by atoms with Gasteiger partial charge in [-0.15, -0.1) is 0 Å². The number of hydrogen-bond donors (Lipinski definition) is 1. The van der Waals surface area contributed by atoms with Gasteiger partial charge >= 0.3 is 0 Å². The number of β-amino-alcohol motifs (C(OH)–C–C–N with tert-alkyl or cyclic N) is 1. The highest BCUT2D eigenvalue weighted by Gasteiger charge is 2.35. The third kappa shape index (κ3) is 4.57. The van der Waals surface area contributed by atoms with E-state index in [0.717, 1.165) is 25.1 Å². The number of fused-ring (bicyclic) bond motifs is 1. The number of carbonyl (C=O) groups excluding carboxylic acids is 1. The van der Waals surface area contributed by atoms with Gasteiger partial charge in [0.15, 0.2) is 0 Å². The number of aliphatic hydroxyl groups excluding tert-OH is 1. The summed E-state index contributed by atoms with van der Waals surface area (Å²) < 4.78 is 2.06. The predicted octanol–water partition coefficient (Wildman–Crippen LogP) is 2.12. The van der Waals surface area contributed by atoms with E-state index in [2.05, 4.69) is 9.80 Å². The van der Waals surface area contributed by atoms with Crippen LogP contribution in [0.25, 0.3) is 11.7 Å². The second kappa shape index (κ2) is 9.92. The van der Waals surface area contributed by atoms with E-state index in [1.54, 1.807) is 21.6 Å². The number of thiocarbonyl (C=S) groups is 1. The van der Waals surface area contributed by atoms with Crippen LogP contribution in [0, 0.1) is 6.92 Å². The lowest BCUT2D eigenvalue weighted by atomic mass is 10.2. The molecular formula is C23H29N5O3S2. The molecule has 8 nitrogen and oxygen atoms in total. The van der Waals surface area contributed by atoms with Crippen molar-refractivity contribution >= 4 is 51.7 Å². The standard InChI is InChI=1S/C23H29N5O3S2/c1-4-16(3)28-22(31)18(33-23(28)32)14-17-20(26-10-8-25(9-11-26)12-13-29)24-19-15(2)6-5-7-27(19)21(17)30/h5-7,14,16,29H,4,8-13H2,1-3H3/b18-14+/t16-/m0/s1. The van der Waals surface area contributed by atoms with Gasteiger partial charge in [0.2, 0.25) is 0 Å². The molecule has 2 saturated heterocycles. The number of aliphatic hydroxyl groups is 1. The van der Waals surface area contributed by atoms with Gasteiger partial charge in [-0.05, 0) is 38.0 Å². The fourth-order valence-electron chi connectivity index (χ4n) is 4.17. The van der Waals surface area contributed by atoms with Crippen LogP contribution in [0.2, 0.25) is 0 Å². The minimum absolute atomic E-state index is 0.000878. The molecule has 2 aliphatic heterocycles. The number of carbonyl (C=O) groups is 1. The molecule has 4 heterocycles. The number of aromatic nitrogens is 2. The number of piperazine rings is 1. The van der Waals surface area contributed by atoms with Crippen LogP contribution in [-0.2, 0) is 4.79 Å². The van der Waals surface area contributed by atoms with Crippen molar-refractivity contribution in [1.82, 2.24) is 19.2 Å². The Morgan fingerprint density at radius 2 is 2.00 bits per heavy atom. The molecule has 10 heteroatoms. The van der Waals surface area contributed by atoms with Crippen molar-refractivity contribution in [3.05, 3.63) is 44.7 Å². The topological polar surface area (TPSA) is 81.4 Å². The molecule has 2 fully saturated rings. The van der Waals surface area contributed by atoms with Gasteiger partial charge in [0.05, 0.1) is 17.1 Å². The lowest BCUT2D eigenvalue weighted by Gasteiger charge is -2.35. The zero-order valence-electron chi connectivity index (χ0n) is 19.2. The fraction of sp³-hybridized carbons (Fsp3) is 0.478. The highest BCUT2D eigenvalue weighted by molar-refractivity contribution is 8.26. The van der Waals surface area contributed by atoms with Gasteiger partial charge in [-0.1, -0.05) is 37.0 Å². The van der Waals surface area contributed by atoms with Crippen molar-refractivity contribution in [3.8, 4) is 0 Å². The Labute approximate surface area is 202 Å². The highest BCUT2D eigenvalue weighted by Crippen LogP contribution is 2.35. The van der Waals surface area contributed by atoms with E-state index >= 15 is 0 Å². The Morgan fingerprint density at radius 1 is 1.27 bits per heavy atom. The third-order valence-corrected chi connectivity index (χ3v) is 7.61. The van der Waals surface area contributed by atoms with E-state index in [1.165, 1.54) is 11.8 Å². The molecule has 0 unspecified atom stereocenters. The highest BCUT2D eigenvalue weighted by atomic mass is 32.2. The van der Waals surface area contributed by atoms with Crippen molar-refractivity contribution in [1.29, 1.82) is 0 Å². The van der Waals surface area contributed by atoms with Gasteiger partial charge in [0.25, 0.3) is 11.5 Å². The molecule has 1 amide bonds. The van der Waals surface area contributed by atoms with Crippen LogP contribution in [-0.4, -0.2) is 79.9 Å². The van der Waals surface area contributed by atoms with E-state index in [0.29, 0.717) is 45.9 Å². The van der Waals surface area contributed by atoms with Crippen molar-refractivity contribution in [2.45, 2.75) is 33.2 Å². The van der Waals surface area contributed by atoms with Crippen LogP contribution in [0.15, 0.2) is 28.0 Å². The summed E-state index contributed by atoms with van der Waals surface area (Å²) in [5, 5.41) is 9.25. The van der Waals surface area contributed by atoms with E-state index in [1.807, 2.05) is 32.9 Å². The molecule has 2 aromatic heterocycles. The first-order valence-corrected chi connectivity index (χ1v) is 12.4. The van der Waals surface area contributed by atoms with Gasteiger partial charge in [-0.25, -0.2) is 4.98 Å². The first-order chi connectivity index (χ1) is 15.8. The average Bonchev–Trinajstić information content (AvgIpc) is 3.09. The molecule has 176 valence electrons. The maximum Gasteiger partial charge on any atom is 0.267 e. The largest absolute Gasteiger partial charge is 0.395 e. The lowest BCUT2D eigenvalue weighted by molar-refractivity contribution is -0.123. The number of nitrogens with zero attached hydrogens (tertiary/aromatic N) is 5. The van der Waals surface area contributed by atoms with Crippen LogP contribution in [0.3, 0.4) is 0 Å². The number of rotatable bonds is 6. The number of hydrogen-bond acceptors (Lipinski definition) is 8. The van der Waals surface area contributed by atoms with E-state index in [9.17, 15) is 14.7 Å². The predicted molar refractivity (Wildman–Crippen MR) is 137 cm³/mol. The monoisotopic (exact) mass is 487 g/mol. The molecule has 0 aliphatic carbocycles. The minimum Gasteiger partial charge on any atom is -0.395 e. The van der Waals surface area contributed by atoms with E-state index in [-0.39, 0.29) is 24.1 Å². The number of thioether (sulfide) groups is 1. The number of pyridine rings is 1. The molecule has 1 N–H and O–H groups in total. The molecule has 33 heavy (non-hydrogen) atoms. The summed E-state index contributed by atoms with van der Waals surface area (Å²) >= 11 is 6.71. The van der Waals surface area contributed by atoms with Gasteiger partial charge in [-0.3, -0.25) is 23.8 Å². The molecule has 0 radical (unpaired) electrons. The summed E-state index contributed by atoms with van der Waals surface area (Å²) in [5.41, 5.74) is 1.72. The second-order valence-electron chi connectivity index (χ2n) is 8.40. The molecule has 4 rings (SSSR count). The Hall–Kier alpha value is -2.27. The van der Waals surface area contributed by atoms with E-state index < -0.39 is 0 Å². The SMILES string of the molecule is CC[C@H](C)N1C(=O)/C(=C\c2c(N3CCN(CCO)CC3)nc3c(C)cccn3c2=O)SC1=S. The maximum atomic E-state index is 13.6. The van der Waals surface area contributed by atoms with Gasteiger partial charge in [0.1, 0.15) is 15.8 Å². The summed E-state index contributed by atoms with van der Waals surface area (Å²) in [6.45, 7) is 9.58. The smallest absolute Gasteiger partial charge is 0.267 e. The van der Waals surface area contributed by atoms with Crippen molar-refractivity contribution in [2.75, 3.05) is 44.2 Å². The quantitative estimate of drug-likeness (QED) is 0.490. The molecule has 0 aromatic carbocycles. The van der Waals surface area contributed by atoms with Crippen LogP contribution in [0.4, 0.5) is 5.82 Å². The summed E-state index contributed by atoms with van der Waals surface area (Å²) in [7, 11) is 0. The normalized spacial score (nSPS) is 19.8. The summed E-state index contributed by atoms with van der Waals surface area (Å²) in [6, 6.07) is 3.76.